The molecule has 0 aromatic heterocycles. The summed E-state index contributed by atoms with van der Waals surface area (Å²) in [6.45, 7) is 8.36. The molecular formula is C17H26. The van der Waals surface area contributed by atoms with Crippen LogP contribution in [0.25, 0.3) is 0 Å². The number of hydrogen-bond donors (Lipinski definition) is 0. The predicted molar refractivity (Wildman–Crippen MR) is 77.6 cm³/mol. The molecule has 0 spiro atoms. The number of allylic oxidation sites excluding steroid dienone is 1. The molecule has 0 saturated carbocycles. The molecule has 0 atom stereocenters. The van der Waals surface area contributed by atoms with E-state index in [4.69, 9.17) is 0 Å². The maximum Gasteiger partial charge on any atom is -0.00974 e. The van der Waals surface area contributed by atoms with Crippen LogP contribution in [0.1, 0.15) is 56.2 Å². The Morgan fingerprint density at radius 1 is 1.00 bits per heavy atom. The van der Waals surface area contributed by atoms with Gasteiger partial charge in [0.25, 0.3) is 0 Å². The fourth-order valence-corrected chi connectivity index (χ4v) is 2.17. The standard InChI is InChI=1S/C17H26/c1-4-7-10-15-12-13-16(9-6-3)17(14-15)11-8-5-2/h6,12-14H,3-5,7-11H2,1-2H3. The summed E-state index contributed by atoms with van der Waals surface area (Å²) >= 11 is 0. The van der Waals surface area contributed by atoms with Crippen molar-refractivity contribution in [2.45, 2.75) is 58.8 Å². The maximum atomic E-state index is 3.85. The molecule has 0 saturated heterocycles. The monoisotopic (exact) mass is 230 g/mol. The van der Waals surface area contributed by atoms with E-state index in [1.807, 2.05) is 6.08 Å². The third-order valence-electron chi connectivity index (χ3n) is 3.25. The lowest BCUT2D eigenvalue weighted by molar-refractivity contribution is 0.776. The van der Waals surface area contributed by atoms with Crippen LogP contribution in [0.2, 0.25) is 0 Å². The maximum absolute atomic E-state index is 3.85. The van der Waals surface area contributed by atoms with Gasteiger partial charge in [-0.1, -0.05) is 51.0 Å². The highest BCUT2D eigenvalue weighted by atomic mass is 14.1. The van der Waals surface area contributed by atoms with Gasteiger partial charge >= 0.3 is 0 Å². The van der Waals surface area contributed by atoms with Crippen molar-refractivity contribution < 1.29 is 0 Å². The molecule has 1 rings (SSSR count). The van der Waals surface area contributed by atoms with Crippen LogP contribution in [0.5, 0.6) is 0 Å². The minimum atomic E-state index is 1.01. The van der Waals surface area contributed by atoms with Crippen molar-refractivity contribution >= 4 is 0 Å². The topological polar surface area (TPSA) is 0 Å². The smallest absolute Gasteiger partial charge is 0.00974 e. The molecule has 0 aliphatic carbocycles. The summed E-state index contributed by atoms with van der Waals surface area (Å²) < 4.78 is 0. The van der Waals surface area contributed by atoms with Gasteiger partial charge in [-0.25, -0.2) is 0 Å². The Kier molecular flexibility index (Phi) is 6.69. The SMILES string of the molecule is C=CCc1ccc(CCCC)cc1CCCC. The highest BCUT2D eigenvalue weighted by molar-refractivity contribution is 5.33. The van der Waals surface area contributed by atoms with E-state index < -0.39 is 0 Å². The van der Waals surface area contributed by atoms with Gasteiger partial charge in [0, 0.05) is 0 Å². The molecule has 0 N–H and O–H groups in total. The quantitative estimate of drug-likeness (QED) is 0.545. The Labute approximate surface area is 107 Å². The van der Waals surface area contributed by atoms with Crippen molar-refractivity contribution in [1.29, 1.82) is 0 Å². The number of rotatable bonds is 8. The number of hydrogen-bond acceptors (Lipinski definition) is 0. The minimum Gasteiger partial charge on any atom is -0.103 e. The zero-order valence-electron chi connectivity index (χ0n) is 11.5. The van der Waals surface area contributed by atoms with Gasteiger partial charge in [-0.15, -0.1) is 6.58 Å². The first-order valence-electron chi connectivity index (χ1n) is 7.03. The van der Waals surface area contributed by atoms with E-state index in [1.165, 1.54) is 49.7 Å². The van der Waals surface area contributed by atoms with Crippen LogP contribution in [-0.4, -0.2) is 0 Å². The molecular weight excluding hydrogens is 204 g/mol. The molecule has 0 amide bonds. The predicted octanol–water partition coefficient (Wildman–Crippen LogP) is 5.10. The zero-order valence-corrected chi connectivity index (χ0v) is 11.5. The highest BCUT2D eigenvalue weighted by Gasteiger charge is 2.03. The lowest BCUT2D eigenvalue weighted by Crippen LogP contribution is -1.96. The van der Waals surface area contributed by atoms with E-state index in [1.54, 1.807) is 5.56 Å². The van der Waals surface area contributed by atoms with Crippen LogP contribution in [-0.2, 0) is 19.3 Å². The average molecular weight is 230 g/mol. The summed E-state index contributed by atoms with van der Waals surface area (Å²) in [5, 5.41) is 0. The van der Waals surface area contributed by atoms with E-state index in [-0.39, 0.29) is 0 Å². The minimum absolute atomic E-state index is 1.01. The van der Waals surface area contributed by atoms with Crippen molar-refractivity contribution in [3.8, 4) is 0 Å². The van der Waals surface area contributed by atoms with Gasteiger partial charge in [0.05, 0.1) is 0 Å². The molecule has 1 aromatic carbocycles. The third kappa shape index (κ3) is 4.77. The molecule has 0 unspecified atom stereocenters. The molecule has 0 aliphatic rings. The Morgan fingerprint density at radius 3 is 2.35 bits per heavy atom. The first kappa shape index (κ1) is 14.0. The molecule has 0 heterocycles. The second kappa shape index (κ2) is 8.11. The molecule has 0 fully saturated rings. The van der Waals surface area contributed by atoms with Crippen LogP contribution >= 0.6 is 0 Å². The first-order chi connectivity index (χ1) is 8.31. The summed E-state index contributed by atoms with van der Waals surface area (Å²) in [7, 11) is 0. The van der Waals surface area contributed by atoms with Crippen molar-refractivity contribution in [1.82, 2.24) is 0 Å². The van der Waals surface area contributed by atoms with Crippen LogP contribution in [0, 0.1) is 0 Å². The highest BCUT2D eigenvalue weighted by Crippen LogP contribution is 2.17. The second-order valence-corrected chi connectivity index (χ2v) is 4.80. The second-order valence-electron chi connectivity index (χ2n) is 4.80. The Balaban J connectivity index is 2.80. The summed E-state index contributed by atoms with van der Waals surface area (Å²) in [5.41, 5.74) is 4.51. The molecule has 0 radical (unpaired) electrons. The van der Waals surface area contributed by atoms with Gasteiger partial charge in [0.1, 0.15) is 0 Å². The zero-order chi connectivity index (χ0) is 12.5. The van der Waals surface area contributed by atoms with Gasteiger partial charge in [-0.3, -0.25) is 0 Å². The van der Waals surface area contributed by atoms with E-state index >= 15 is 0 Å². The molecule has 1 aromatic rings. The Morgan fingerprint density at radius 2 is 1.71 bits per heavy atom. The number of unbranched alkanes of at least 4 members (excludes halogenated alkanes) is 2. The van der Waals surface area contributed by atoms with Crippen molar-refractivity contribution in [2.75, 3.05) is 0 Å². The normalized spacial score (nSPS) is 10.5. The lowest BCUT2D eigenvalue weighted by atomic mass is 9.95. The van der Waals surface area contributed by atoms with Crippen LogP contribution < -0.4 is 0 Å². The Bertz CT molecular complexity index is 336. The van der Waals surface area contributed by atoms with Gasteiger partial charge < -0.3 is 0 Å². The summed E-state index contributed by atoms with van der Waals surface area (Å²) in [6.07, 6.45) is 10.6. The fourth-order valence-electron chi connectivity index (χ4n) is 2.17. The van der Waals surface area contributed by atoms with E-state index in [9.17, 15) is 0 Å². The number of benzene rings is 1. The number of aryl methyl sites for hydroxylation is 2. The first-order valence-corrected chi connectivity index (χ1v) is 7.03. The van der Waals surface area contributed by atoms with Crippen LogP contribution in [0.4, 0.5) is 0 Å². The van der Waals surface area contributed by atoms with E-state index in [2.05, 4.69) is 38.6 Å². The van der Waals surface area contributed by atoms with Crippen molar-refractivity contribution in [3.63, 3.8) is 0 Å². The molecule has 94 valence electrons. The van der Waals surface area contributed by atoms with Crippen LogP contribution in [0.15, 0.2) is 30.9 Å². The van der Waals surface area contributed by atoms with Crippen molar-refractivity contribution in [3.05, 3.63) is 47.5 Å². The summed E-state index contributed by atoms with van der Waals surface area (Å²) in [5.74, 6) is 0. The van der Waals surface area contributed by atoms with Gasteiger partial charge in [-0.05, 0) is 48.8 Å². The third-order valence-corrected chi connectivity index (χ3v) is 3.25. The van der Waals surface area contributed by atoms with Gasteiger partial charge in [0.15, 0.2) is 0 Å². The summed E-state index contributed by atoms with van der Waals surface area (Å²) in [6, 6.07) is 7.02. The molecule has 0 heteroatoms. The Hall–Kier alpha value is -1.04. The molecule has 0 aliphatic heterocycles. The molecule has 0 nitrogen and oxygen atoms in total. The van der Waals surface area contributed by atoms with Crippen LogP contribution in [0.3, 0.4) is 0 Å². The fraction of sp³-hybridized carbons (Fsp3) is 0.529. The molecule has 17 heavy (non-hydrogen) atoms. The summed E-state index contributed by atoms with van der Waals surface area (Å²) in [4.78, 5) is 0. The van der Waals surface area contributed by atoms with Gasteiger partial charge in [0.2, 0.25) is 0 Å². The average Bonchev–Trinajstić information content (AvgIpc) is 2.36. The van der Waals surface area contributed by atoms with E-state index in [0.29, 0.717) is 0 Å². The lowest BCUT2D eigenvalue weighted by Gasteiger charge is -2.10. The van der Waals surface area contributed by atoms with E-state index in [0.717, 1.165) is 6.42 Å². The van der Waals surface area contributed by atoms with Crippen molar-refractivity contribution in [2.24, 2.45) is 0 Å². The molecule has 0 bridgehead atoms. The van der Waals surface area contributed by atoms with Gasteiger partial charge in [-0.2, -0.15) is 0 Å². The largest absolute Gasteiger partial charge is 0.103 e.